The molecule has 0 bridgehead atoms. The Kier molecular flexibility index (Phi) is 6.81. The molecule has 0 fully saturated rings. The van der Waals surface area contributed by atoms with Crippen LogP contribution in [-0.2, 0) is 6.54 Å². The summed E-state index contributed by atoms with van der Waals surface area (Å²) in [6.45, 7) is -1.32. The van der Waals surface area contributed by atoms with E-state index in [1.54, 1.807) is 42.5 Å². The molecular formula is C21H17F3N4O3. The monoisotopic (exact) mass is 430 g/mol. The number of nitrogens with one attached hydrogen (secondary N) is 2. The third-order valence-electron chi connectivity index (χ3n) is 3.94. The van der Waals surface area contributed by atoms with E-state index in [0.29, 0.717) is 16.9 Å². The van der Waals surface area contributed by atoms with E-state index in [2.05, 4.69) is 25.3 Å². The van der Waals surface area contributed by atoms with Crippen molar-refractivity contribution in [3.05, 3.63) is 83.7 Å². The molecule has 3 aromatic rings. The zero-order chi connectivity index (χ0) is 22.3. The van der Waals surface area contributed by atoms with Gasteiger partial charge in [-0.3, -0.25) is 9.59 Å². The van der Waals surface area contributed by atoms with E-state index in [9.17, 15) is 22.8 Å². The summed E-state index contributed by atoms with van der Waals surface area (Å²) in [5.41, 5.74) is 1.33. The van der Waals surface area contributed by atoms with Crippen LogP contribution in [0.3, 0.4) is 0 Å². The Balaban J connectivity index is 1.54. The molecule has 160 valence electrons. The van der Waals surface area contributed by atoms with Crippen LogP contribution in [0.5, 0.6) is 5.88 Å². The van der Waals surface area contributed by atoms with Crippen molar-refractivity contribution >= 4 is 17.6 Å². The number of benzene rings is 1. The quantitative estimate of drug-likeness (QED) is 0.598. The number of anilines is 1. The molecule has 0 saturated carbocycles. The van der Waals surface area contributed by atoms with E-state index in [1.165, 1.54) is 18.3 Å². The Bertz CT molecular complexity index is 1040. The zero-order valence-electron chi connectivity index (χ0n) is 16.0. The minimum absolute atomic E-state index is 0.141. The minimum atomic E-state index is -4.47. The molecule has 0 aliphatic heterocycles. The van der Waals surface area contributed by atoms with Crippen molar-refractivity contribution in [3.8, 4) is 5.88 Å². The zero-order valence-corrected chi connectivity index (χ0v) is 16.0. The van der Waals surface area contributed by atoms with Gasteiger partial charge in [0.15, 0.2) is 6.61 Å². The first-order valence-corrected chi connectivity index (χ1v) is 9.05. The number of ether oxygens (including phenoxy) is 1. The van der Waals surface area contributed by atoms with Crippen molar-refractivity contribution in [2.24, 2.45) is 0 Å². The lowest BCUT2D eigenvalue weighted by Gasteiger charge is -2.09. The van der Waals surface area contributed by atoms with E-state index in [-0.39, 0.29) is 23.9 Å². The maximum atomic E-state index is 12.2. The molecule has 0 aliphatic rings. The molecule has 3 rings (SSSR count). The molecule has 31 heavy (non-hydrogen) atoms. The molecule has 0 atom stereocenters. The SMILES string of the molecule is O=C(NCc1ccnc(NC(=O)c2ccccc2)c1)c1ccc(OCC(F)(F)F)nc1. The van der Waals surface area contributed by atoms with E-state index in [0.717, 1.165) is 6.20 Å². The first-order chi connectivity index (χ1) is 14.8. The van der Waals surface area contributed by atoms with Gasteiger partial charge in [0.05, 0.1) is 5.56 Å². The van der Waals surface area contributed by atoms with Gasteiger partial charge in [-0.15, -0.1) is 0 Å². The van der Waals surface area contributed by atoms with Crippen LogP contribution in [0.25, 0.3) is 0 Å². The fourth-order valence-corrected chi connectivity index (χ4v) is 2.47. The summed E-state index contributed by atoms with van der Waals surface area (Å²) in [7, 11) is 0. The van der Waals surface area contributed by atoms with E-state index in [1.807, 2.05) is 0 Å². The predicted octanol–water partition coefficient (Wildman–Crippen LogP) is 3.60. The molecule has 2 heterocycles. The number of nitrogens with zero attached hydrogens (tertiary/aromatic N) is 2. The lowest BCUT2D eigenvalue weighted by molar-refractivity contribution is -0.154. The second-order valence-electron chi connectivity index (χ2n) is 6.34. The number of alkyl halides is 3. The Morgan fingerprint density at radius 2 is 1.71 bits per heavy atom. The molecule has 10 heteroatoms. The summed E-state index contributed by atoms with van der Waals surface area (Å²) in [4.78, 5) is 32.2. The maximum Gasteiger partial charge on any atom is 0.422 e. The molecule has 0 aliphatic carbocycles. The van der Waals surface area contributed by atoms with Crippen LogP contribution in [0.1, 0.15) is 26.3 Å². The van der Waals surface area contributed by atoms with Crippen LogP contribution in [0, 0.1) is 0 Å². The normalized spacial score (nSPS) is 10.9. The topological polar surface area (TPSA) is 93.2 Å². The number of halogens is 3. The second kappa shape index (κ2) is 9.70. The Morgan fingerprint density at radius 1 is 0.935 bits per heavy atom. The largest absolute Gasteiger partial charge is 0.468 e. The second-order valence-corrected chi connectivity index (χ2v) is 6.34. The number of carbonyl (C=O) groups is 2. The van der Waals surface area contributed by atoms with E-state index in [4.69, 9.17) is 0 Å². The van der Waals surface area contributed by atoms with Gasteiger partial charge in [0.1, 0.15) is 5.82 Å². The number of hydrogen-bond acceptors (Lipinski definition) is 5. The standard InChI is InChI=1S/C21H17F3N4O3/c22-21(23,24)13-31-18-7-6-16(12-26-18)19(29)27-11-14-8-9-25-17(10-14)28-20(30)15-4-2-1-3-5-15/h1-10,12H,11,13H2,(H,27,29)(H,25,28,30). The highest BCUT2D eigenvalue weighted by atomic mass is 19.4. The summed E-state index contributed by atoms with van der Waals surface area (Å²) in [6.07, 6.45) is -1.85. The Labute approximate surface area is 175 Å². The highest BCUT2D eigenvalue weighted by Gasteiger charge is 2.28. The van der Waals surface area contributed by atoms with Crippen molar-refractivity contribution in [2.45, 2.75) is 12.7 Å². The molecule has 1 aromatic carbocycles. The van der Waals surface area contributed by atoms with Gasteiger partial charge in [-0.2, -0.15) is 13.2 Å². The molecular weight excluding hydrogens is 413 g/mol. The van der Waals surface area contributed by atoms with Crippen molar-refractivity contribution in [2.75, 3.05) is 11.9 Å². The molecule has 0 radical (unpaired) electrons. The first-order valence-electron chi connectivity index (χ1n) is 9.05. The molecule has 7 nitrogen and oxygen atoms in total. The number of rotatable bonds is 7. The molecule has 2 amide bonds. The number of hydrogen-bond donors (Lipinski definition) is 2. The third kappa shape index (κ3) is 6.81. The number of pyridine rings is 2. The van der Waals surface area contributed by atoms with E-state index < -0.39 is 18.7 Å². The Hall–Kier alpha value is -3.95. The molecule has 0 saturated heterocycles. The lowest BCUT2D eigenvalue weighted by Crippen LogP contribution is -2.23. The first kappa shape index (κ1) is 21.8. The molecule has 2 N–H and O–H groups in total. The van der Waals surface area contributed by atoms with Crippen LogP contribution in [0.4, 0.5) is 19.0 Å². The van der Waals surface area contributed by atoms with Crippen LogP contribution in [0.2, 0.25) is 0 Å². The molecule has 2 aromatic heterocycles. The van der Waals surface area contributed by atoms with E-state index >= 15 is 0 Å². The van der Waals surface area contributed by atoms with Crippen molar-refractivity contribution in [1.29, 1.82) is 0 Å². The average molecular weight is 430 g/mol. The van der Waals surface area contributed by atoms with Gasteiger partial charge >= 0.3 is 6.18 Å². The van der Waals surface area contributed by atoms with Gasteiger partial charge in [-0.25, -0.2) is 9.97 Å². The lowest BCUT2D eigenvalue weighted by atomic mass is 10.2. The molecule has 0 unspecified atom stereocenters. The average Bonchev–Trinajstić information content (AvgIpc) is 2.77. The summed E-state index contributed by atoms with van der Waals surface area (Å²) >= 11 is 0. The van der Waals surface area contributed by atoms with Crippen molar-refractivity contribution < 1.29 is 27.5 Å². The summed E-state index contributed by atoms with van der Waals surface area (Å²) in [5, 5.41) is 5.34. The van der Waals surface area contributed by atoms with Crippen LogP contribution < -0.4 is 15.4 Å². The predicted molar refractivity (Wildman–Crippen MR) is 106 cm³/mol. The smallest absolute Gasteiger partial charge is 0.422 e. The van der Waals surface area contributed by atoms with Gasteiger partial charge in [-0.05, 0) is 35.9 Å². The van der Waals surface area contributed by atoms with Gasteiger partial charge in [0.25, 0.3) is 11.8 Å². The van der Waals surface area contributed by atoms with Gasteiger partial charge in [0.2, 0.25) is 5.88 Å². The highest BCUT2D eigenvalue weighted by Crippen LogP contribution is 2.17. The fourth-order valence-electron chi connectivity index (χ4n) is 2.47. The van der Waals surface area contributed by atoms with Crippen molar-refractivity contribution in [3.63, 3.8) is 0 Å². The fraction of sp³-hybridized carbons (Fsp3) is 0.143. The van der Waals surface area contributed by atoms with Crippen LogP contribution in [0.15, 0.2) is 67.0 Å². The highest BCUT2D eigenvalue weighted by molar-refractivity contribution is 6.03. The van der Waals surface area contributed by atoms with Gasteiger partial charge in [-0.1, -0.05) is 18.2 Å². The molecule has 0 spiro atoms. The van der Waals surface area contributed by atoms with Gasteiger partial charge in [0, 0.05) is 30.6 Å². The number of carbonyl (C=O) groups excluding carboxylic acids is 2. The number of amides is 2. The van der Waals surface area contributed by atoms with Gasteiger partial charge < -0.3 is 15.4 Å². The summed E-state index contributed by atoms with van der Waals surface area (Å²) in [6, 6.07) is 14.4. The van der Waals surface area contributed by atoms with Crippen LogP contribution in [-0.4, -0.2) is 34.6 Å². The summed E-state index contributed by atoms with van der Waals surface area (Å²) in [5.74, 6) is -0.690. The van der Waals surface area contributed by atoms with Crippen molar-refractivity contribution in [1.82, 2.24) is 15.3 Å². The Morgan fingerprint density at radius 3 is 2.39 bits per heavy atom. The van der Waals surface area contributed by atoms with Crippen LogP contribution >= 0.6 is 0 Å². The minimum Gasteiger partial charge on any atom is -0.468 e. The summed E-state index contributed by atoms with van der Waals surface area (Å²) < 4.78 is 41.0. The third-order valence-corrected chi connectivity index (χ3v) is 3.94. The number of aromatic nitrogens is 2. The maximum absolute atomic E-state index is 12.2.